The number of carbonyl (C=O) groups is 1. The standard InChI is InChI=1S/C24H32N2O4S/c1-20-7-5-11-23(19-20)30-17-14-25-24(27)22-12-15-26(16-13-22)31(28,29)18-6-10-21-8-3-2-4-9-21/h2-5,7-9,11,19,22H,6,10,12-18H2,1H3,(H,25,27). The Labute approximate surface area is 185 Å². The maximum absolute atomic E-state index is 12.6. The van der Waals surface area contributed by atoms with Crippen molar-refractivity contribution >= 4 is 15.9 Å². The monoisotopic (exact) mass is 444 g/mol. The number of nitrogens with zero attached hydrogens (tertiary/aromatic N) is 1. The molecular formula is C24H32N2O4S. The van der Waals surface area contributed by atoms with Crippen molar-refractivity contribution < 1.29 is 17.9 Å². The lowest BCUT2D eigenvalue weighted by Gasteiger charge is -2.30. The van der Waals surface area contributed by atoms with Gasteiger partial charge in [-0.25, -0.2) is 12.7 Å². The topological polar surface area (TPSA) is 75.7 Å². The molecule has 1 saturated heterocycles. The third-order valence-corrected chi connectivity index (χ3v) is 7.54. The Morgan fingerprint density at radius 2 is 1.84 bits per heavy atom. The molecule has 0 atom stereocenters. The van der Waals surface area contributed by atoms with Gasteiger partial charge < -0.3 is 10.1 Å². The summed E-state index contributed by atoms with van der Waals surface area (Å²) >= 11 is 0. The van der Waals surface area contributed by atoms with Crippen molar-refractivity contribution in [1.29, 1.82) is 0 Å². The summed E-state index contributed by atoms with van der Waals surface area (Å²) < 4.78 is 32.5. The van der Waals surface area contributed by atoms with Crippen molar-refractivity contribution in [3.8, 4) is 5.75 Å². The van der Waals surface area contributed by atoms with Crippen LogP contribution in [-0.2, 0) is 21.2 Å². The van der Waals surface area contributed by atoms with Gasteiger partial charge in [0.05, 0.1) is 12.3 Å². The van der Waals surface area contributed by atoms with E-state index < -0.39 is 10.0 Å². The maximum atomic E-state index is 12.6. The second kappa shape index (κ2) is 11.3. The number of piperidine rings is 1. The first kappa shape index (κ1) is 23.3. The summed E-state index contributed by atoms with van der Waals surface area (Å²) in [4.78, 5) is 12.4. The van der Waals surface area contributed by atoms with Crippen molar-refractivity contribution in [1.82, 2.24) is 9.62 Å². The zero-order chi connectivity index (χ0) is 22.1. The predicted octanol–water partition coefficient (Wildman–Crippen LogP) is 3.16. The van der Waals surface area contributed by atoms with Crippen LogP contribution in [0, 0.1) is 12.8 Å². The van der Waals surface area contributed by atoms with Crippen molar-refractivity contribution in [2.75, 3.05) is 32.0 Å². The maximum Gasteiger partial charge on any atom is 0.223 e. The number of carbonyl (C=O) groups excluding carboxylic acids is 1. The number of sulfonamides is 1. The molecule has 0 bridgehead atoms. The smallest absolute Gasteiger partial charge is 0.223 e. The molecular weight excluding hydrogens is 412 g/mol. The van der Waals surface area contributed by atoms with E-state index in [0.29, 0.717) is 45.5 Å². The van der Waals surface area contributed by atoms with Gasteiger partial charge in [-0.3, -0.25) is 4.79 Å². The fraction of sp³-hybridized carbons (Fsp3) is 0.458. The minimum Gasteiger partial charge on any atom is -0.492 e. The molecule has 0 spiro atoms. The normalized spacial score (nSPS) is 15.5. The van der Waals surface area contributed by atoms with Crippen LogP contribution in [0.25, 0.3) is 0 Å². The zero-order valence-electron chi connectivity index (χ0n) is 18.1. The predicted molar refractivity (Wildman–Crippen MR) is 123 cm³/mol. The second-order valence-corrected chi connectivity index (χ2v) is 10.1. The lowest BCUT2D eigenvalue weighted by molar-refractivity contribution is -0.126. The number of rotatable bonds is 10. The summed E-state index contributed by atoms with van der Waals surface area (Å²) in [5.41, 5.74) is 2.28. The number of hydrogen-bond donors (Lipinski definition) is 1. The Morgan fingerprint density at radius 1 is 1.10 bits per heavy atom. The molecule has 0 unspecified atom stereocenters. The molecule has 0 aliphatic carbocycles. The van der Waals surface area contributed by atoms with Gasteiger partial charge in [-0.05, 0) is 55.9 Å². The van der Waals surface area contributed by atoms with E-state index in [1.165, 1.54) is 0 Å². The van der Waals surface area contributed by atoms with Crippen molar-refractivity contribution in [3.63, 3.8) is 0 Å². The van der Waals surface area contributed by atoms with Crippen LogP contribution in [0.4, 0.5) is 0 Å². The molecule has 1 N–H and O–H groups in total. The van der Waals surface area contributed by atoms with Gasteiger partial charge in [0.15, 0.2) is 0 Å². The van der Waals surface area contributed by atoms with Gasteiger partial charge in [0, 0.05) is 19.0 Å². The molecule has 1 amide bonds. The molecule has 2 aromatic rings. The Balaban J connectivity index is 1.34. The van der Waals surface area contributed by atoms with Gasteiger partial charge in [0.1, 0.15) is 12.4 Å². The molecule has 0 saturated carbocycles. The Hall–Kier alpha value is -2.38. The van der Waals surface area contributed by atoms with Crippen LogP contribution in [0.1, 0.15) is 30.4 Å². The molecule has 168 valence electrons. The molecule has 2 aromatic carbocycles. The Kier molecular flexibility index (Phi) is 8.49. The van der Waals surface area contributed by atoms with Crippen LogP contribution >= 0.6 is 0 Å². The fourth-order valence-electron chi connectivity index (χ4n) is 3.82. The molecule has 1 aliphatic heterocycles. The Morgan fingerprint density at radius 3 is 2.55 bits per heavy atom. The van der Waals surface area contributed by atoms with Crippen LogP contribution in [0.15, 0.2) is 54.6 Å². The first-order chi connectivity index (χ1) is 14.9. The number of ether oxygens (including phenoxy) is 1. The summed E-state index contributed by atoms with van der Waals surface area (Å²) in [6.07, 6.45) is 2.47. The van der Waals surface area contributed by atoms with E-state index in [1.807, 2.05) is 61.5 Å². The van der Waals surface area contributed by atoms with Crippen LogP contribution < -0.4 is 10.1 Å². The van der Waals surface area contributed by atoms with Crippen LogP contribution in [0.5, 0.6) is 5.75 Å². The van der Waals surface area contributed by atoms with E-state index in [4.69, 9.17) is 4.74 Å². The number of hydrogen-bond acceptors (Lipinski definition) is 4. The third kappa shape index (κ3) is 7.36. The lowest BCUT2D eigenvalue weighted by Crippen LogP contribution is -2.44. The van der Waals surface area contributed by atoms with Gasteiger partial charge >= 0.3 is 0 Å². The molecule has 1 aliphatic rings. The third-order valence-electron chi connectivity index (χ3n) is 5.59. The highest BCUT2D eigenvalue weighted by molar-refractivity contribution is 7.89. The summed E-state index contributed by atoms with van der Waals surface area (Å²) in [5, 5.41) is 2.91. The summed E-state index contributed by atoms with van der Waals surface area (Å²) in [7, 11) is -3.28. The first-order valence-corrected chi connectivity index (χ1v) is 12.5. The molecule has 3 rings (SSSR count). The highest BCUT2D eigenvalue weighted by Crippen LogP contribution is 2.21. The SMILES string of the molecule is Cc1cccc(OCCNC(=O)C2CCN(S(=O)(=O)CCCc3ccccc3)CC2)c1. The first-order valence-electron chi connectivity index (χ1n) is 10.9. The van der Waals surface area contributed by atoms with Gasteiger partial charge in [0.25, 0.3) is 0 Å². The van der Waals surface area contributed by atoms with Crippen LogP contribution in [-0.4, -0.2) is 50.6 Å². The molecule has 1 fully saturated rings. The van der Waals surface area contributed by atoms with Gasteiger partial charge in [-0.1, -0.05) is 42.5 Å². The molecule has 6 nitrogen and oxygen atoms in total. The van der Waals surface area contributed by atoms with E-state index in [9.17, 15) is 13.2 Å². The van der Waals surface area contributed by atoms with Crippen LogP contribution in [0.3, 0.4) is 0 Å². The number of benzene rings is 2. The average molecular weight is 445 g/mol. The molecule has 31 heavy (non-hydrogen) atoms. The van der Waals surface area contributed by atoms with Crippen LogP contribution in [0.2, 0.25) is 0 Å². The minimum absolute atomic E-state index is 0.0195. The van der Waals surface area contributed by atoms with E-state index in [0.717, 1.165) is 23.3 Å². The quantitative estimate of drug-likeness (QED) is 0.571. The number of amides is 1. The highest BCUT2D eigenvalue weighted by Gasteiger charge is 2.30. The molecule has 0 aromatic heterocycles. The molecule has 0 radical (unpaired) electrons. The number of aryl methyl sites for hydroxylation is 2. The Bertz CT molecular complexity index is 939. The van der Waals surface area contributed by atoms with E-state index >= 15 is 0 Å². The minimum atomic E-state index is -3.28. The fourth-order valence-corrected chi connectivity index (χ4v) is 5.36. The summed E-state index contributed by atoms with van der Waals surface area (Å²) in [5.74, 6) is 0.776. The number of nitrogens with one attached hydrogen (secondary N) is 1. The second-order valence-electron chi connectivity index (χ2n) is 8.03. The van der Waals surface area contributed by atoms with E-state index in [-0.39, 0.29) is 17.6 Å². The van der Waals surface area contributed by atoms with Crippen molar-refractivity contribution in [2.24, 2.45) is 5.92 Å². The van der Waals surface area contributed by atoms with Gasteiger partial charge in [-0.2, -0.15) is 0 Å². The summed E-state index contributed by atoms with van der Waals surface area (Å²) in [6, 6.07) is 17.7. The van der Waals surface area contributed by atoms with Crippen molar-refractivity contribution in [2.45, 2.75) is 32.6 Å². The van der Waals surface area contributed by atoms with E-state index in [1.54, 1.807) is 4.31 Å². The van der Waals surface area contributed by atoms with Gasteiger partial charge in [0.2, 0.25) is 15.9 Å². The average Bonchev–Trinajstić information content (AvgIpc) is 2.77. The summed E-state index contributed by atoms with van der Waals surface area (Å²) in [6.45, 7) is 3.66. The molecule has 1 heterocycles. The van der Waals surface area contributed by atoms with Crippen molar-refractivity contribution in [3.05, 3.63) is 65.7 Å². The van der Waals surface area contributed by atoms with E-state index in [2.05, 4.69) is 5.32 Å². The molecule has 7 heteroatoms. The largest absolute Gasteiger partial charge is 0.492 e. The van der Waals surface area contributed by atoms with Gasteiger partial charge in [-0.15, -0.1) is 0 Å². The highest BCUT2D eigenvalue weighted by atomic mass is 32.2. The lowest BCUT2D eigenvalue weighted by atomic mass is 9.97. The zero-order valence-corrected chi connectivity index (χ0v) is 18.9.